The maximum atomic E-state index is 12.3. The third-order valence-corrected chi connectivity index (χ3v) is 4.84. The molecule has 26 heavy (non-hydrogen) atoms. The average Bonchev–Trinajstić information content (AvgIpc) is 3.22. The van der Waals surface area contributed by atoms with Crippen molar-refractivity contribution in [3.05, 3.63) is 75.8 Å². The molecule has 0 bridgehead atoms. The van der Waals surface area contributed by atoms with Crippen molar-refractivity contribution < 1.29 is 19.2 Å². The summed E-state index contributed by atoms with van der Waals surface area (Å²) in [6, 6.07) is 13.3. The lowest BCUT2D eigenvalue weighted by molar-refractivity contribution is -0.0587. The smallest absolute Gasteiger partial charge is 0.322 e. The lowest BCUT2D eigenvalue weighted by Crippen LogP contribution is -2.32. The van der Waals surface area contributed by atoms with Crippen LogP contribution in [0.5, 0.6) is 0 Å². The zero-order chi connectivity index (χ0) is 18.3. The van der Waals surface area contributed by atoms with Gasteiger partial charge in [0.25, 0.3) is 11.8 Å². The van der Waals surface area contributed by atoms with Gasteiger partial charge < -0.3 is 4.84 Å². The van der Waals surface area contributed by atoms with E-state index in [1.165, 1.54) is 28.8 Å². The van der Waals surface area contributed by atoms with Gasteiger partial charge in [0.05, 0.1) is 11.1 Å². The second-order valence-electron chi connectivity index (χ2n) is 5.38. The number of carbonyl (C=O) groups excluding carboxylic acids is 3. The fraction of sp³-hybridized carbons (Fsp3) is 0. The Bertz CT molecular complexity index is 1030. The number of halogens is 1. The van der Waals surface area contributed by atoms with E-state index in [4.69, 9.17) is 16.4 Å². The topological polar surface area (TPSA) is 76.6 Å². The van der Waals surface area contributed by atoms with Crippen LogP contribution < -0.4 is 0 Å². The van der Waals surface area contributed by atoms with Crippen LogP contribution in [0.2, 0.25) is 5.02 Å². The molecule has 0 radical (unpaired) electrons. The number of carbonyl (C=O) groups is 3. The minimum absolute atomic E-state index is 0.00142. The summed E-state index contributed by atoms with van der Waals surface area (Å²) in [4.78, 5) is 46.0. The minimum Gasteiger partial charge on any atom is -0.322 e. The number of hydrogen-bond donors (Lipinski definition) is 0. The van der Waals surface area contributed by atoms with Gasteiger partial charge in [-0.15, -0.1) is 11.3 Å². The Morgan fingerprint density at radius 3 is 2.38 bits per heavy atom. The van der Waals surface area contributed by atoms with E-state index in [0.717, 1.165) is 5.56 Å². The van der Waals surface area contributed by atoms with E-state index in [1.54, 1.807) is 30.3 Å². The van der Waals surface area contributed by atoms with Crippen molar-refractivity contribution in [2.24, 2.45) is 0 Å². The first-order valence-electron chi connectivity index (χ1n) is 7.46. The van der Waals surface area contributed by atoms with Crippen LogP contribution in [-0.2, 0) is 4.84 Å². The highest BCUT2D eigenvalue weighted by molar-refractivity contribution is 7.13. The lowest BCUT2D eigenvalue weighted by Gasteiger charge is -2.11. The van der Waals surface area contributed by atoms with Gasteiger partial charge in [0, 0.05) is 16.0 Å². The standard InChI is InChI=1S/C18H9ClN2O4S/c19-11-5-3-4-10(8-11)15-20-14(9-26-15)18(24)25-21-16(22)12-6-1-2-7-13(12)17(21)23/h1-9H. The molecule has 0 N–H and O–H groups in total. The molecule has 0 aliphatic carbocycles. The highest BCUT2D eigenvalue weighted by Crippen LogP contribution is 2.27. The molecule has 1 aliphatic heterocycles. The van der Waals surface area contributed by atoms with E-state index >= 15 is 0 Å². The van der Waals surface area contributed by atoms with Gasteiger partial charge >= 0.3 is 5.97 Å². The molecular weight excluding hydrogens is 376 g/mol. The Kier molecular flexibility index (Phi) is 4.02. The molecule has 0 atom stereocenters. The predicted octanol–water partition coefficient (Wildman–Crippen LogP) is 3.83. The summed E-state index contributed by atoms with van der Waals surface area (Å²) in [5.41, 5.74) is 1.15. The van der Waals surface area contributed by atoms with Gasteiger partial charge in [0.15, 0.2) is 5.69 Å². The molecule has 1 aliphatic rings. The molecule has 6 nitrogen and oxygen atoms in total. The van der Waals surface area contributed by atoms with Gasteiger partial charge in [-0.3, -0.25) is 9.59 Å². The second kappa shape index (κ2) is 6.36. The molecule has 8 heteroatoms. The van der Waals surface area contributed by atoms with Crippen molar-refractivity contribution >= 4 is 40.7 Å². The van der Waals surface area contributed by atoms with Gasteiger partial charge in [-0.05, 0) is 24.3 Å². The number of hydroxylamine groups is 2. The molecule has 0 unspecified atom stereocenters. The molecule has 0 saturated heterocycles. The first kappa shape index (κ1) is 16.4. The zero-order valence-corrected chi connectivity index (χ0v) is 14.6. The highest BCUT2D eigenvalue weighted by Gasteiger charge is 2.39. The van der Waals surface area contributed by atoms with Crippen LogP contribution in [0.1, 0.15) is 31.2 Å². The molecule has 3 aromatic rings. The first-order chi connectivity index (χ1) is 12.5. The second-order valence-corrected chi connectivity index (χ2v) is 6.67. The van der Waals surface area contributed by atoms with E-state index in [1.807, 2.05) is 6.07 Å². The number of aromatic nitrogens is 1. The van der Waals surface area contributed by atoms with Crippen LogP contribution in [0.4, 0.5) is 0 Å². The Morgan fingerprint density at radius 1 is 1.04 bits per heavy atom. The van der Waals surface area contributed by atoms with Gasteiger partial charge in [-0.2, -0.15) is 0 Å². The van der Waals surface area contributed by atoms with Gasteiger partial charge in [0.1, 0.15) is 5.01 Å². The Labute approximate surface area is 156 Å². The fourth-order valence-corrected chi connectivity index (χ4v) is 3.48. The average molecular weight is 385 g/mol. The van der Waals surface area contributed by atoms with Crippen molar-refractivity contribution in [3.8, 4) is 10.6 Å². The zero-order valence-electron chi connectivity index (χ0n) is 13.0. The largest absolute Gasteiger partial charge is 0.383 e. The maximum absolute atomic E-state index is 12.3. The van der Waals surface area contributed by atoms with Crippen LogP contribution in [0, 0.1) is 0 Å². The minimum atomic E-state index is -0.885. The lowest BCUT2D eigenvalue weighted by atomic mass is 10.1. The fourth-order valence-electron chi connectivity index (χ4n) is 2.50. The molecule has 0 saturated carbocycles. The van der Waals surface area contributed by atoms with Gasteiger partial charge in [-0.25, -0.2) is 9.78 Å². The summed E-state index contributed by atoms with van der Waals surface area (Å²) < 4.78 is 0. The Hall–Kier alpha value is -3.03. The van der Waals surface area contributed by atoms with Crippen LogP contribution >= 0.6 is 22.9 Å². The number of imide groups is 1. The summed E-state index contributed by atoms with van der Waals surface area (Å²) in [6.45, 7) is 0. The molecule has 128 valence electrons. The summed E-state index contributed by atoms with van der Waals surface area (Å²) >= 11 is 7.18. The Morgan fingerprint density at radius 2 is 1.73 bits per heavy atom. The predicted molar refractivity (Wildman–Crippen MR) is 94.9 cm³/mol. The maximum Gasteiger partial charge on any atom is 0.383 e. The number of hydrogen-bond acceptors (Lipinski definition) is 6. The molecule has 0 spiro atoms. The van der Waals surface area contributed by atoms with Crippen LogP contribution in [0.3, 0.4) is 0 Å². The number of nitrogens with zero attached hydrogens (tertiary/aromatic N) is 2. The van der Waals surface area contributed by atoms with Crippen molar-refractivity contribution in [2.75, 3.05) is 0 Å². The third-order valence-electron chi connectivity index (χ3n) is 3.72. The molecular formula is C18H9ClN2O4S. The molecule has 0 fully saturated rings. The van der Waals surface area contributed by atoms with E-state index < -0.39 is 17.8 Å². The molecule has 2 heterocycles. The van der Waals surface area contributed by atoms with Crippen molar-refractivity contribution in [2.45, 2.75) is 0 Å². The Balaban J connectivity index is 1.55. The van der Waals surface area contributed by atoms with E-state index in [9.17, 15) is 14.4 Å². The summed E-state index contributed by atoms with van der Waals surface area (Å²) in [7, 11) is 0. The highest BCUT2D eigenvalue weighted by atomic mass is 35.5. The van der Waals surface area contributed by atoms with Crippen molar-refractivity contribution in [1.29, 1.82) is 0 Å². The summed E-state index contributed by atoms with van der Waals surface area (Å²) in [6.07, 6.45) is 0. The van der Waals surface area contributed by atoms with Gasteiger partial charge in [0.2, 0.25) is 0 Å². The van der Waals surface area contributed by atoms with Crippen molar-refractivity contribution in [3.63, 3.8) is 0 Å². The molecule has 4 rings (SSSR count). The third kappa shape index (κ3) is 2.77. The van der Waals surface area contributed by atoms with E-state index in [2.05, 4.69) is 4.98 Å². The van der Waals surface area contributed by atoms with Crippen LogP contribution in [0.25, 0.3) is 10.6 Å². The van der Waals surface area contributed by atoms with Crippen molar-refractivity contribution in [1.82, 2.24) is 10.0 Å². The summed E-state index contributed by atoms with van der Waals surface area (Å²) in [5.74, 6) is -2.24. The number of fused-ring (bicyclic) bond motifs is 1. The SMILES string of the molecule is O=C(ON1C(=O)c2ccccc2C1=O)c1csc(-c2cccc(Cl)c2)n1. The number of benzene rings is 2. The molecule has 1 aromatic heterocycles. The number of amides is 2. The monoisotopic (exact) mass is 384 g/mol. The van der Waals surface area contributed by atoms with E-state index in [-0.39, 0.29) is 16.8 Å². The van der Waals surface area contributed by atoms with Crippen LogP contribution in [-0.4, -0.2) is 27.8 Å². The normalized spacial score (nSPS) is 13.0. The van der Waals surface area contributed by atoms with E-state index in [0.29, 0.717) is 15.1 Å². The first-order valence-corrected chi connectivity index (χ1v) is 8.72. The van der Waals surface area contributed by atoms with Crippen LogP contribution in [0.15, 0.2) is 53.9 Å². The van der Waals surface area contributed by atoms with Gasteiger partial charge in [-0.1, -0.05) is 40.9 Å². The number of rotatable bonds is 3. The quantitative estimate of drug-likeness (QED) is 0.641. The summed E-state index contributed by atoms with van der Waals surface area (Å²) in [5, 5.41) is 3.08. The molecule has 2 aromatic carbocycles. The molecule has 2 amide bonds. The number of thiazole rings is 1.